The Balaban J connectivity index is 1.65. The van der Waals surface area contributed by atoms with E-state index in [9.17, 15) is 14.4 Å². The largest absolute Gasteiger partial charge is 0.344 e. The SMILES string of the molecule is Cc1c(CNC(=O)C(=O)N[C@@H]2C(=O)N(C)c3ccccc32)cnn1C. The van der Waals surface area contributed by atoms with Crippen LogP contribution in [0.25, 0.3) is 0 Å². The molecule has 0 radical (unpaired) electrons. The van der Waals surface area contributed by atoms with Crippen LogP contribution in [0.5, 0.6) is 0 Å². The Morgan fingerprint density at radius 2 is 1.92 bits per heavy atom. The molecule has 2 aromatic rings. The molecule has 0 saturated heterocycles. The zero-order valence-electron chi connectivity index (χ0n) is 14.2. The van der Waals surface area contributed by atoms with E-state index < -0.39 is 17.9 Å². The minimum atomic E-state index is -0.848. The topological polar surface area (TPSA) is 96.3 Å². The highest BCUT2D eigenvalue weighted by molar-refractivity contribution is 6.35. The van der Waals surface area contributed by atoms with Gasteiger partial charge in [0.15, 0.2) is 0 Å². The lowest BCUT2D eigenvalue weighted by atomic mass is 10.1. The molecule has 2 heterocycles. The van der Waals surface area contributed by atoms with Crippen molar-refractivity contribution < 1.29 is 14.4 Å². The van der Waals surface area contributed by atoms with E-state index in [4.69, 9.17) is 0 Å². The highest BCUT2D eigenvalue weighted by Gasteiger charge is 2.36. The fraction of sp³-hybridized carbons (Fsp3) is 0.294. The quantitative estimate of drug-likeness (QED) is 0.779. The molecule has 1 aliphatic rings. The second kappa shape index (κ2) is 6.39. The van der Waals surface area contributed by atoms with Crippen molar-refractivity contribution in [3.8, 4) is 0 Å². The van der Waals surface area contributed by atoms with Crippen molar-refractivity contribution in [1.82, 2.24) is 20.4 Å². The number of anilines is 1. The van der Waals surface area contributed by atoms with Crippen LogP contribution in [0.4, 0.5) is 5.69 Å². The summed E-state index contributed by atoms with van der Waals surface area (Å²) in [5.41, 5.74) is 3.14. The number of nitrogens with one attached hydrogen (secondary N) is 2. The normalized spacial score (nSPS) is 15.9. The maximum Gasteiger partial charge on any atom is 0.310 e. The van der Waals surface area contributed by atoms with Gasteiger partial charge < -0.3 is 15.5 Å². The van der Waals surface area contributed by atoms with Gasteiger partial charge in [0.25, 0.3) is 5.91 Å². The summed E-state index contributed by atoms with van der Waals surface area (Å²) in [6.45, 7) is 2.07. The summed E-state index contributed by atoms with van der Waals surface area (Å²) in [5.74, 6) is -1.90. The van der Waals surface area contributed by atoms with Gasteiger partial charge in [-0.2, -0.15) is 5.10 Å². The van der Waals surface area contributed by atoms with E-state index in [1.54, 1.807) is 43.2 Å². The third-order valence-corrected chi connectivity index (χ3v) is 4.44. The molecule has 8 heteroatoms. The number of aromatic nitrogens is 2. The Hall–Kier alpha value is -3.16. The van der Waals surface area contributed by atoms with Gasteiger partial charge in [-0.1, -0.05) is 18.2 Å². The maximum atomic E-state index is 12.3. The highest BCUT2D eigenvalue weighted by Crippen LogP contribution is 2.34. The molecule has 0 bridgehead atoms. The van der Waals surface area contributed by atoms with Gasteiger partial charge in [0.1, 0.15) is 6.04 Å². The number of benzene rings is 1. The zero-order valence-corrected chi connectivity index (χ0v) is 14.2. The van der Waals surface area contributed by atoms with Crippen molar-refractivity contribution in [3.05, 3.63) is 47.3 Å². The van der Waals surface area contributed by atoms with E-state index in [-0.39, 0.29) is 12.5 Å². The molecule has 0 spiro atoms. The molecular weight excluding hydrogens is 322 g/mol. The average Bonchev–Trinajstić information content (AvgIpc) is 3.05. The number of amides is 3. The number of carbonyl (C=O) groups excluding carboxylic acids is 3. The smallest absolute Gasteiger partial charge is 0.310 e. The summed E-state index contributed by atoms with van der Waals surface area (Å²) in [7, 11) is 3.44. The Kier molecular flexibility index (Phi) is 4.26. The molecular formula is C17H19N5O3. The maximum absolute atomic E-state index is 12.3. The van der Waals surface area contributed by atoms with E-state index in [1.807, 2.05) is 13.0 Å². The summed E-state index contributed by atoms with van der Waals surface area (Å²) in [5, 5.41) is 9.14. The van der Waals surface area contributed by atoms with Crippen molar-refractivity contribution in [2.24, 2.45) is 7.05 Å². The van der Waals surface area contributed by atoms with E-state index in [2.05, 4.69) is 15.7 Å². The van der Waals surface area contributed by atoms with Crippen molar-refractivity contribution >= 4 is 23.4 Å². The van der Waals surface area contributed by atoms with Crippen molar-refractivity contribution in [3.63, 3.8) is 0 Å². The molecule has 1 atom stereocenters. The summed E-state index contributed by atoms with van der Waals surface area (Å²) >= 11 is 0. The van der Waals surface area contributed by atoms with Crippen LogP contribution in [0.3, 0.4) is 0 Å². The van der Waals surface area contributed by atoms with Gasteiger partial charge >= 0.3 is 11.8 Å². The number of nitrogens with zero attached hydrogens (tertiary/aromatic N) is 3. The minimum Gasteiger partial charge on any atom is -0.344 e. The molecule has 25 heavy (non-hydrogen) atoms. The predicted octanol–water partition coefficient (Wildman–Crippen LogP) is 0.179. The van der Waals surface area contributed by atoms with E-state index in [1.165, 1.54) is 4.90 Å². The van der Waals surface area contributed by atoms with Crippen LogP contribution >= 0.6 is 0 Å². The monoisotopic (exact) mass is 341 g/mol. The second-order valence-electron chi connectivity index (χ2n) is 5.92. The van der Waals surface area contributed by atoms with Gasteiger partial charge in [0.05, 0.1) is 6.20 Å². The Labute approximate surface area is 144 Å². The summed E-state index contributed by atoms with van der Waals surface area (Å²) in [6, 6.07) is 6.31. The van der Waals surface area contributed by atoms with Gasteiger partial charge in [-0.3, -0.25) is 19.1 Å². The lowest BCUT2D eigenvalue weighted by Crippen LogP contribution is -2.43. The molecule has 0 aliphatic carbocycles. The van der Waals surface area contributed by atoms with E-state index in [0.717, 1.165) is 16.9 Å². The molecule has 0 saturated carbocycles. The number of para-hydroxylation sites is 1. The fourth-order valence-corrected chi connectivity index (χ4v) is 2.79. The first-order chi connectivity index (χ1) is 11.9. The number of carbonyl (C=O) groups is 3. The number of likely N-dealkylation sites (N-methyl/N-ethyl adjacent to an activating group) is 1. The Bertz CT molecular complexity index is 858. The van der Waals surface area contributed by atoms with Crippen molar-refractivity contribution in [1.29, 1.82) is 0 Å². The van der Waals surface area contributed by atoms with Crippen molar-refractivity contribution in [2.45, 2.75) is 19.5 Å². The Morgan fingerprint density at radius 1 is 1.20 bits per heavy atom. The molecule has 1 aliphatic heterocycles. The summed E-state index contributed by atoms with van der Waals surface area (Å²) in [6.07, 6.45) is 1.64. The number of rotatable bonds is 3. The molecule has 1 aromatic heterocycles. The van der Waals surface area contributed by atoms with Crippen LogP contribution in [0.2, 0.25) is 0 Å². The lowest BCUT2D eigenvalue weighted by Gasteiger charge is -2.13. The first-order valence-corrected chi connectivity index (χ1v) is 7.82. The molecule has 8 nitrogen and oxygen atoms in total. The number of fused-ring (bicyclic) bond motifs is 1. The van der Waals surface area contributed by atoms with Crippen LogP contribution in [0.15, 0.2) is 30.5 Å². The van der Waals surface area contributed by atoms with Crippen LogP contribution in [0.1, 0.15) is 22.9 Å². The van der Waals surface area contributed by atoms with Crippen molar-refractivity contribution in [2.75, 3.05) is 11.9 Å². The molecule has 0 fully saturated rings. The first-order valence-electron chi connectivity index (χ1n) is 7.82. The van der Waals surface area contributed by atoms with Gasteiger partial charge in [-0.15, -0.1) is 0 Å². The molecule has 130 valence electrons. The van der Waals surface area contributed by atoms with Gasteiger partial charge in [-0.05, 0) is 13.0 Å². The predicted molar refractivity (Wildman–Crippen MR) is 90.5 cm³/mol. The zero-order chi connectivity index (χ0) is 18.1. The van der Waals surface area contributed by atoms with Crippen LogP contribution in [0, 0.1) is 6.92 Å². The van der Waals surface area contributed by atoms with Crippen LogP contribution in [-0.4, -0.2) is 34.5 Å². The molecule has 3 rings (SSSR count). The summed E-state index contributed by atoms with van der Waals surface area (Å²) < 4.78 is 1.69. The Morgan fingerprint density at radius 3 is 2.60 bits per heavy atom. The van der Waals surface area contributed by atoms with Gasteiger partial charge in [-0.25, -0.2) is 0 Å². The molecule has 3 amide bonds. The summed E-state index contributed by atoms with van der Waals surface area (Å²) in [4.78, 5) is 38.0. The number of hydrogen-bond acceptors (Lipinski definition) is 4. The fourth-order valence-electron chi connectivity index (χ4n) is 2.79. The number of aryl methyl sites for hydroxylation is 1. The first kappa shape index (κ1) is 16.7. The minimum absolute atomic E-state index is 0.195. The van der Waals surface area contributed by atoms with Crippen LogP contribution in [-0.2, 0) is 28.0 Å². The average molecular weight is 341 g/mol. The standard InChI is InChI=1S/C17H19N5O3/c1-10-11(9-19-22(10)3)8-18-15(23)16(24)20-14-12-6-4-5-7-13(12)21(2)17(14)25/h4-7,9,14H,8H2,1-3H3,(H,18,23)(H,20,24)/t14-/m0/s1. The molecule has 1 aromatic carbocycles. The lowest BCUT2D eigenvalue weighted by molar-refractivity contribution is -0.140. The number of hydrogen-bond donors (Lipinski definition) is 2. The third kappa shape index (κ3) is 2.98. The van der Waals surface area contributed by atoms with E-state index in [0.29, 0.717) is 5.56 Å². The van der Waals surface area contributed by atoms with Crippen LogP contribution < -0.4 is 15.5 Å². The highest BCUT2D eigenvalue weighted by atomic mass is 16.2. The van der Waals surface area contributed by atoms with E-state index >= 15 is 0 Å². The van der Waals surface area contributed by atoms with Gasteiger partial charge in [0, 0.05) is 43.1 Å². The van der Waals surface area contributed by atoms with Gasteiger partial charge in [0.2, 0.25) is 0 Å². The molecule has 0 unspecified atom stereocenters. The molecule has 2 N–H and O–H groups in total. The third-order valence-electron chi connectivity index (χ3n) is 4.44. The second-order valence-corrected chi connectivity index (χ2v) is 5.92.